The maximum atomic E-state index is 5.94. The number of ether oxygens (including phenoxy) is 1. The van der Waals surface area contributed by atoms with Crippen molar-refractivity contribution in [2.45, 2.75) is 19.4 Å². The second-order valence-electron chi connectivity index (χ2n) is 4.12. The molecule has 94 valence electrons. The number of pyridine rings is 1. The van der Waals surface area contributed by atoms with Crippen LogP contribution in [0, 0.1) is 0 Å². The van der Waals surface area contributed by atoms with Crippen LogP contribution in [-0.2, 0) is 6.42 Å². The third-order valence-electron chi connectivity index (χ3n) is 2.88. The molecule has 2 N–H and O–H groups in total. The molecular formula is C15H18N2O. The van der Waals surface area contributed by atoms with E-state index in [0.717, 1.165) is 17.7 Å². The largest absolute Gasteiger partial charge is 0.484 e. The summed E-state index contributed by atoms with van der Waals surface area (Å²) in [6, 6.07) is 12.0. The molecule has 0 aliphatic rings. The molecule has 0 saturated heterocycles. The van der Waals surface area contributed by atoms with Gasteiger partial charge in [-0.25, -0.2) is 0 Å². The van der Waals surface area contributed by atoms with E-state index in [4.69, 9.17) is 10.5 Å². The molecule has 0 aliphatic carbocycles. The molecular weight excluding hydrogens is 224 g/mol. The highest BCUT2D eigenvalue weighted by Gasteiger charge is 2.11. The Hall–Kier alpha value is -1.87. The minimum absolute atomic E-state index is 0.125. The summed E-state index contributed by atoms with van der Waals surface area (Å²) in [5, 5.41) is 0. The van der Waals surface area contributed by atoms with Crippen LogP contribution in [0.25, 0.3) is 0 Å². The van der Waals surface area contributed by atoms with Gasteiger partial charge in [0.05, 0.1) is 0 Å². The van der Waals surface area contributed by atoms with Crippen molar-refractivity contribution in [3.05, 3.63) is 59.9 Å². The first-order valence-corrected chi connectivity index (χ1v) is 6.19. The molecule has 0 aliphatic heterocycles. The fourth-order valence-corrected chi connectivity index (χ4v) is 1.83. The van der Waals surface area contributed by atoms with Crippen molar-refractivity contribution < 1.29 is 4.74 Å². The van der Waals surface area contributed by atoms with Gasteiger partial charge in [0.2, 0.25) is 0 Å². The van der Waals surface area contributed by atoms with Crippen LogP contribution in [0.5, 0.6) is 5.75 Å². The first-order chi connectivity index (χ1) is 8.83. The van der Waals surface area contributed by atoms with Crippen LogP contribution < -0.4 is 10.5 Å². The van der Waals surface area contributed by atoms with Gasteiger partial charge in [-0.15, -0.1) is 0 Å². The van der Waals surface area contributed by atoms with Crippen LogP contribution in [0.15, 0.2) is 48.8 Å². The molecule has 2 rings (SSSR count). The molecule has 0 bridgehead atoms. The van der Waals surface area contributed by atoms with Gasteiger partial charge in [-0.1, -0.05) is 19.1 Å². The molecule has 1 heterocycles. The van der Waals surface area contributed by atoms with Gasteiger partial charge in [-0.2, -0.15) is 0 Å². The zero-order valence-corrected chi connectivity index (χ0v) is 10.5. The fourth-order valence-electron chi connectivity index (χ4n) is 1.83. The molecule has 0 radical (unpaired) electrons. The number of hydrogen-bond acceptors (Lipinski definition) is 3. The fraction of sp³-hybridized carbons (Fsp3) is 0.267. The zero-order chi connectivity index (χ0) is 12.8. The molecule has 1 unspecified atom stereocenters. The Morgan fingerprint density at radius 1 is 1.22 bits per heavy atom. The van der Waals surface area contributed by atoms with E-state index in [1.165, 1.54) is 5.56 Å². The van der Waals surface area contributed by atoms with E-state index in [2.05, 4.69) is 24.0 Å². The summed E-state index contributed by atoms with van der Waals surface area (Å²) in [6.07, 6.45) is 4.38. The number of nitrogens with zero attached hydrogens (tertiary/aromatic N) is 1. The third kappa shape index (κ3) is 3.08. The van der Waals surface area contributed by atoms with Crippen LogP contribution >= 0.6 is 0 Å². The quantitative estimate of drug-likeness (QED) is 0.877. The van der Waals surface area contributed by atoms with Crippen molar-refractivity contribution in [1.82, 2.24) is 4.98 Å². The number of aryl methyl sites for hydroxylation is 1. The van der Waals surface area contributed by atoms with Gasteiger partial charge in [0.15, 0.2) is 0 Å². The number of rotatable bonds is 5. The van der Waals surface area contributed by atoms with Crippen LogP contribution in [0.2, 0.25) is 0 Å². The van der Waals surface area contributed by atoms with Crippen molar-refractivity contribution in [2.75, 3.05) is 6.54 Å². The van der Waals surface area contributed by atoms with Crippen molar-refractivity contribution in [2.24, 2.45) is 5.73 Å². The standard InChI is InChI=1S/C15H18N2O/c1-2-12-4-3-5-14(10-12)18-15(11-16)13-6-8-17-9-7-13/h3-10,15H,2,11,16H2,1H3. The van der Waals surface area contributed by atoms with E-state index in [0.29, 0.717) is 6.54 Å². The summed E-state index contributed by atoms with van der Waals surface area (Å²) in [5.41, 5.74) is 8.09. The first kappa shape index (κ1) is 12.6. The highest BCUT2D eigenvalue weighted by atomic mass is 16.5. The Kier molecular flexibility index (Phi) is 4.31. The molecule has 2 aromatic rings. The SMILES string of the molecule is CCc1cccc(OC(CN)c2ccncc2)c1. The summed E-state index contributed by atoms with van der Waals surface area (Å²) in [4.78, 5) is 4.00. The number of benzene rings is 1. The van der Waals surface area contributed by atoms with Crippen molar-refractivity contribution >= 4 is 0 Å². The molecule has 0 fully saturated rings. The van der Waals surface area contributed by atoms with Crippen molar-refractivity contribution in [3.63, 3.8) is 0 Å². The van der Waals surface area contributed by atoms with E-state index in [1.54, 1.807) is 12.4 Å². The van der Waals surface area contributed by atoms with Crippen LogP contribution in [0.1, 0.15) is 24.2 Å². The Morgan fingerprint density at radius 3 is 2.67 bits per heavy atom. The number of nitrogens with two attached hydrogens (primary N) is 1. The predicted molar refractivity (Wildman–Crippen MR) is 72.5 cm³/mol. The average Bonchev–Trinajstić information content (AvgIpc) is 2.46. The van der Waals surface area contributed by atoms with E-state index in [-0.39, 0.29) is 6.10 Å². The minimum atomic E-state index is -0.125. The molecule has 18 heavy (non-hydrogen) atoms. The smallest absolute Gasteiger partial charge is 0.136 e. The highest BCUT2D eigenvalue weighted by molar-refractivity contribution is 5.29. The van der Waals surface area contributed by atoms with E-state index >= 15 is 0 Å². The van der Waals surface area contributed by atoms with Crippen LogP contribution in [0.3, 0.4) is 0 Å². The third-order valence-corrected chi connectivity index (χ3v) is 2.88. The summed E-state index contributed by atoms with van der Waals surface area (Å²) >= 11 is 0. The number of hydrogen-bond donors (Lipinski definition) is 1. The average molecular weight is 242 g/mol. The molecule has 3 heteroatoms. The highest BCUT2D eigenvalue weighted by Crippen LogP contribution is 2.22. The first-order valence-electron chi connectivity index (χ1n) is 6.19. The van der Waals surface area contributed by atoms with Gasteiger partial charge < -0.3 is 10.5 Å². The lowest BCUT2D eigenvalue weighted by Gasteiger charge is -2.18. The number of aromatic nitrogens is 1. The van der Waals surface area contributed by atoms with Crippen LogP contribution in [-0.4, -0.2) is 11.5 Å². The van der Waals surface area contributed by atoms with Gasteiger partial charge in [-0.3, -0.25) is 4.98 Å². The van der Waals surface area contributed by atoms with Crippen LogP contribution in [0.4, 0.5) is 0 Å². The predicted octanol–water partition coefficient (Wildman–Crippen LogP) is 2.72. The summed E-state index contributed by atoms with van der Waals surface area (Å²) in [6.45, 7) is 2.57. The topological polar surface area (TPSA) is 48.1 Å². The second kappa shape index (κ2) is 6.17. The van der Waals surface area contributed by atoms with Gasteiger partial charge in [0.1, 0.15) is 11.9 Å². The zero-order valence-electron chi connectivity index (χ0n) is 10.5. The Bertz CT molecular complexity index is 485. The Labute approximate surface area is 108 Å². The summed E-state index contributed by atoms with van der Waals surface area (Å²) in [7, 11) is 0. The van der Waals surface area contributed by atoms with Gasteiger partial charge >= 0.3 is 0 Å². The molecule has 1 aromatic heterocycles. The molecule has 0 spiro atoms. The lowest BCUT2D eigenvalue weighted by atomic mass is 10.1. The lowest BCUT2D eigenvalue weighted by molar-refractivity contribution is 0.214. The van der Waals surface area contributed by atoms with Crippen molar-refractivity contribution in [1.29, 1.82) is 0 Å². The monoisotopic (exact) mass is 242 g/mol. The molecule has 0 saturated carbocycles. The second-order valence-corrected chi connectivity index (χ2v) is 4.12. The lowest BCUT2D eigenvalue weighted by Crippen LogP contribution is -2.18. The normalized spacial score (nSPS) is 12.1. The Morgan fingerprint density at radius 2 is 2.00 bits per heavy atom. The molecule has 0 amide bonds. The van der Waals surface area contributed by atoms with Gasteiger partial charge in [0, 0.05) is 18.9 Å². The summed E-state index contributed by atoms with van der Waals surface area (Å²) < 4.78 is 5.94. The maximum Gasteiger partial charge on any atom is 0.136 e. The van der Waals surface area contributed by atoms with E-state index in [9.17, 15) is 0 Å². The van der Waals surface area contributed by atoms with E-state index in [1.807, 2.05) is 24.3 Å². The Balaban J connectivity index is 2.15. The molecule has 1 aromatic carbocycles. The van der Waals surface area contributed by atoms with E-state index < -0.39 is 0 Å². The maximum absolute atomic E-state index is 5.94. The van der Waals surface area contributed by atoms with Gasteiger partial charge in [-0.05, 0) is 41.8 Å². The molecule has 3 nitrogen and oxygen atoms in total. The molecule has 1 atom stereocenters. The minimum Gasteiger partial charge on any atom is -0.484 e. The van der Waals surface area contributed by atoms with Gasteiger partial charge in [0.25, 0.3) is 0 Å². The van der Waals surface area contributed by atoms with Crippen molar-refractivity contribution in [3.8, 4) is 5.75 Å². The summed E-state index contributed by atoms with van der Waals surface area (Å²) in [5.74, 6) is 0.863.